The zero-order valence-corrected chi connectivity index (χ0v) is 14.5. The minimum atomic E-state index is -0.297. The molecular weight excluding hydrogens is 328 g/mol. The van der Waals surface area contributed by atoms with Crippen molar-refractivity contribution in [2.24, 2.45) is 5.92 Å². The molecule has 1 saturated carbocycles. The Bertz CT molecular complexity index is 935. The first-order valence-corrected chi connectivity index (χ1v) is 9.23. The summed E-state index contributed by atoms with van der Waals surface area (Å²) in [6.07, 6.45) is 3.98. The van der Waals surface area contributed by atoms with E-state index in [1.165, 1.54) is 12.8 Å². The zero-order chi connectivity index (χ0) is 17.5. The molecule has 26 heavy (non-hydrogen) atoms. The number of aliphatic hydroxyl groups excluding tert-OH is 1. The highest BCUT2D eigenvalue weighted by molar-refractivity contribution is 5.61. The molecule has 0 aromatic carbocycles. The van der Waals surface area contributed by atoms with Gasteiger partial charge in [-0.3, -0.25) is 0 Å². The lowest BCUT2D eigenvalue weighted by Gasteiger charge is -2.14. The number of pyridine rings is 1. The fraction of sp³-hybridized carbons (Fsp3) is 0.421. The number of nitrogens with zero attached hydrogens (tertiary/aromatic N) is 4. The van der Waals surface area contributed by atoms with Crippen molar-refractivity contribution in [2.45, 2.75) is 24.9 Å². The van der Waals surface area contributed by atoms with Crippen molar-refractivity contribution < 1.29 is 5.11 Å². The summed E-state index contributed by atoms with van der Waals surface area (Å²) in [5, 5.41) is 21.2. The summed E-state index contributed by atoms with van der Waals surface area (Å²) in [5.74, 6) is 1.61. The molecule has 1 aliphatic heterocycles. The number of aromatic nitrogens is 4. The molecule has 1 saturated heterocycles. The summed E-state index contributed by atoms with van der Waals surface area (Å²) in [6, 6.07) is 10.0. The Morgan fingerprint density at radius 3 is 2.92 bits per heavy atom. The van der Waals surface area contributed by atoms with E-state index in [9.17, 15) is 5.11 Å². The van der Waals surface area contributed by atoms with Crippen molar-refractivity contribution in [2.75, 3.05) is 25.0 Å². The van der Waals surface area contributed by atoms with E-state index in [1.807, 2.05) is 35.0 Å². The van der Waals surface area contributed by atoms with Gasteiger partial charge in [0, 0.05) is 31.5 Å². The summed E-state index contributed by atoms with van der Waals surface area (Å²) in [5.41, 5.74) is 3.71. The van der Waals surface area contributed by atoms with E-state index < -0.39 is 0 Å². The fourth-order valence-electron chi connectivity index (χ4n) is 3.50. The van der Waals surface area contributed by atoms with Gasteiger partial charge in [0.2, 0.25) is 0 Å². The number of imidazole rings is 1. The molecule has 2 atom stereocenters. The maximum absolute atomic E-state index is 9.92. The first-order valence-electron chi connectivity index (χ1n) is 9.23. The summed E-state index contributed by atoms with van der Waals surface area (Å²) in [7, 11) is 0. The van der Waals surface area contributed by atoms with Gasteiger partial charge in [-0.1, -0.05) is 6.07 Å². The monoisotopic (exact) mass is 350 g/mol. The second-order valence-electron chi connectivity index (χ2n) is 7.22. The Morgan fingerprint density at radius 2 is 2.12 bits per heavy atom. The minimum Gasteiger partial charge on any atom is -0.391 e. The van der Waals surface area contributed by atoms with Crippen molar-refractivity contribution in [1.29, 1.82) is 0 Å². The number of rotatable bonds is 5. The van der Waals surface area contributed by atoms with Crippen LogP contribution >= 0.6 is 0 Å². The van der Waals surface area contributed by atoms with E-state index in [4.69, 9.17) is 10.1 Å². The van der Waals surface area contributed by atoms with E-state index >= 15 is 0 Å². The third kappa shape index (κ3) is 2.93. The van der Waals surface area contributed by atoms with Crippen LogP contribution in [0.4, 0.5) is 5.82 Å². The SMILES string of the molecule is O[C@H]1CNC[C@@H]1CNc1cccc(-c2cnc3ccc(C4CC4)nn23)n1. The van der Waals surface area contributed by atoms with Crippen molar-refractivity contribution in [3.63, 3.8) is 0 Å². The van der Waals surface area contributed by atoms with Crippen LogP contribution in [0.3, 0.4) is 0 Å². The Morgan fingerprint density at radius 1 is 1.19 bits per heavy atom. The second kappa shape index (κ2) is 6.34. The average molecular weight is 350 g/mol. The van der Waals surface area contributed by atoms with Crippen molar-refractivity contribution in [1.82, 2.24) is 24.9 Å². The molecule has 0 bridgehead atoms. The van der Waals surface area contributed by atoms with E-state index in [1.54, 1.807) is 0 Å². The molecule has 5 rings (SSSR count). The topological polar surface area (TPSA) is 87.4 Å². The van der Waals surface area contributed by atoms with Gasteiger partial charge in [-0.25, -0.2) is 14.5 Å². The highest BCUT2D eigenvalue weighted by Gasteiger charge is 2.26. The van der Waals surface area contributed by atoms with Gasteiger partial charge in [0.15, 0.2) is 5.65 Å². The zero-order valence-electron chi connectivity index (χ0n) is 14.5. The number of β-amino-alcohol motifs (C(OH)–C–C–N with tert-alkyl or cyclic N) is 1. The third-order valence-corrected chi connectivity index (χ3v) is 5.24. The fourth-order valence-corrected chi connectivity index (χ4v) is 3.50. The lowest BCUT2D eigenvalue weighted by molar-refractivity contribution is 0.153. The molecule has 2 aliphatic rings. The molecule has 2 fully saturated rings. The first-order chi connectivity index (χ1) is 12.8. The number of anilines is 1. The highest BCUT2D eigenvalue weighted by Crippen LogP contribution is 2.39. The van der Waals surface area contributed by atoms with Crippen molar-refractivity contribution in [3.8, 4) is 11.4 Å². The number of hydrogen-bond donors (Lipinski definition) is 3. The number of hydrogen-bond acceptors (Lipinski definition) is 6. The smallest absolute Gasteiger partial charge is 0.154 e. The Balaban J connectivity index is 1.41. The van der Waals surface area contributed by atoms with E-state index in [2.05, 4.69) is 21.7 Å². The molecule has 1 aliphatic carbocycles. The van der Waals surface area contributed by atoms with Crippen LogP contribution in [0.2, 0.25) is 0 Å². The van der Waals surface area contributed by atoms with Crippen LogP contribution in [0.1, 0.15) is 24.5 Å². The lowest BCUT2D eigenvalue weighted by Crippen LogP contribution is -2.25. The third-order valence-electron chi connectivity index (χ3n) is 5.24. The highest BCUT2D eigenvalue weighted by atomic mass is 16.3. The molecule has 3 aromatic rings. The van der Waals surface area contributed by atoms with Gasteiger partial charge < -0.3 is 15.7 Å². The molecule has 7 heteroatoms. The van der Waals surface area contributed by atoms with E-state index in [0.717, 1.165) is 35.1 Å². The van der Waals surface area contributed by atoms with Crippen LogP contribution < -0.4 is 10.6 Å². The molecule has 7 nitrogen and oxygen atoms in total. The molecule has 4 heterocycles. The molecule has 0 unspecified atom stereocenters. The summed E-state index contributed by atoms with van der Waals surface area (Å²) >= 11 is 0. The van der Waals surface area contributed by atoms with Gasteiger partial charge in [0.1, 0.15) is 11.5 Å². The first kappa shape index (κ1) is 15.7. The molecule has 134 valence electrons. The molecule has 0 amide bonds. The van der Waals surface area contributed by atoms with Gasteiger partial charge >= 0.3 is 0 Å². The van der Waals surface area contributed by atoms with Crippen LogP contribution in [0.25, 0.3) is 17.0 Å². The number of aliphatic hydroxyl groups is 1. The van der Waals surface area contributed by atoms with E-state index in [0.29, 0.717) is 19.0 Å². The Kier molecular flexibility index (Phi) is 3.83. The molecular formula is C19H22N6O. The minimum absolute atomic E-state index is 0.207. The van der Waals surface area contributed by atoms with Gasteiger partial charge in [0.25, 0.3) is 0 Å². The quantitative estimate of drug-likeness (QED) is 0.649. The largest absolute Gasteiger partial charge is 0.391 e. The van der Waals surface area contributed by atoms with Crippen LogP contribution in [0.5, 0.6) is 0 Å². The second-order valence-corrected chi connectivity index (χ2v) is 7.22. The van der Waals surface area contributed by atoms with Crippen molar-refractivity contribution in [3.05, 3.63) is 42.2 Å². The summed E-state index contributed by atoms with van der Waals surface area (Å²) in [4.78, 5) is 9.19. The number of nitrogens with one attached hydrogen (secondary N) is 2. The predicted molar refractivity (Wildman–Crippen MR) is 99.0 cm³/mol. The molecule has 3 aromatic heterocycles. The standard InChI is InChI=1S/C19H22N6O/c26-17-11-20-8-13(17)9-21-18-3-1-2-15(23-18)16-10-22-19-7-6-14(12-4-5-12)24-25(16)19/h1-3,6-7,10,12-13,17,20,26H,4-5,8-9,11H2,(H,21,23)/t13-,17+/m1/s1. The lowest BCUT2D eigenvalue weighted by atomic mass is 10.1. The van der Waals surface area contributed by atoms with Gasteiger partial charge in [-0.05, 0) is 37.1 Å². The van der Waals surface area contributed by atoms with Gasteiger partial charge in [0.05, 0.1) is 23.7 Å². The Hall–Kier alpha value is -2.51. The molecule has 0 radical (unpaired) electrons. The Labute approximate surface area is 151 Å². The van der Waals surface area contributed by atoms with Crippen LogP contribution in [0, 0.1) is 5.92 Å². The van der Waals surface area contributed by atoms with Crippen LogP contribution in [-0.4, -0.2) is 50.4 Å². The predicted octanol–water partition coefficient (Wildman–Crippen LogP) is 1.66. The normalized spacial score (nSPS) is 22.8. The van der Waals surface area contributed by atoms with Gasteiger partial charge in [-0.15, -0.1) is 0 Å². The van der Waals surface area contributed by atoms with Crippen molar-refractivity contribution >= 4 is 11.5 Å². The molecule has 3 N–H and O–H groups in total. The maximum Gasteiger partial charge on any atom is 0.154 e. The maximum atomic E-state index is 9.92. The van der Waals surface area contributed by atoms with Crippen LogP contribution in [0.15, 0.2) is 36.5 Å². The van der Waals surface area contributed by atoms with Gasteiger partial charge in [-0.2, -0.15) is 5.10 Å². The molecule has 0 spiro atoms. The summed E-state index contributed by atoms with van der Waals surface area (Å²) in [6.45, 7) is 2.19. The van der Waals surface area contributed by atoms with Crippen LogP contribution in [-0.2, 0) is 0 Å². The average Bonchev–Trinajstić information content (AvgIpc) is 3.31. The number of fused-ring (bicyclic) bond motifs is 1. The summed E-state index contributed by atoms with van der Waals surface area (Å²) < 4.78 is 1.89. The van der Waals surface area contributed by atoms with E-state index in [-0.39, 0.29) is 12.0 Å².